The zero-order valence-electron chi connectivity index (χ0n) is 13.7. The molecule has 2 aliphatic rings. The van der Waals surface area contributed by atoms with E-state index >= 15 is 0 Å². The molecular weight excluding hydrogens is 258 g/mol. The van der Waals surface area contributed by atoms with E-state index in [-0.39, 0.29) is 0 Å². The second-order valence-electron chi connectivity index (χ2n) is 7.44. The first kappa shape index (κ1) is 15.1. The topological polar surface area (TPSA) is 29.9 Å². The van der Waals surface area contributed by atoms with Crippen molar-refractivity contribution >= 4 is 0 Å². The van der Waals surface area contributed by atoms with Crippen LogP contribution in [0.1, 0.15) is 70.5 Å². The molecule has 0 aromatic carbocycles. The zero-order chi connectivity index (χ0) is 14.7. The largest absolute Gasteiger partial charge is 0.314 e. The van der Waals surface area contributed by atoms with Gasteiger partial charge in [0, 0.05) is 12.2 Å². The molecule has 2 unspecified atom stereocenters. The van der Waals surface area contributed by atoms with Gasteiger partial charge < -0.3 is 5.32 Å². The van der Waals surface area contributed by atoms with Gasteiger partial charge in [0.15, 0.2) is 0 Å². The van der Waals surface area contributed by atoms with Crippen LogP contribution in [0.5, 0.6) is 0 Å². The van der Waals surface area contributed by atoms with Crippen molar-refractivity contribution in [1.29, 1.82) is 0 Å². The summed E-state index contributed by atoms with van der Waals surface area (Å²) in [7, 11) is 0. The molecule has 0 spiro atoms. The number of aromatic nitrogens is 2. The highest BCUT2D eigenvalue weighted by atomic mass is 15.3. The smallest absolute Gasteiger partial charge is 0.0627 e. The van der Waals surface area contributed by atoms with Crippen LogP contribution in [0, 0.1) is 11.8 Å². The van der Waals surface area contributed by atoms with Gasteiger partial charge in [-0.1, -0.05) is 33.1 Å². The predicted octanol–water partition coefficient (Wildman–Crippen LogP) is 3.96. The second-order valence-corrected chi connectivity index (χ2v) is 7.44. The van der Waals surface area contributed by atoms with Crippen LogP contribution in [0.15, 0.2) is 12.3 Å². The van der Waals surface area contributed by atoms with Gasteiger partial charge in [0.05, 0.1) is 11.7 Å². The molecule has 0 radical (unpaired) electrons. The lowest BCUT2D eigenvalue weighted by atomic mass is 9.71. The highest BCUT2D eigenvalue weighted by molar-refractivity contribution is 5.03. The lowest BCUT2D eigenvalue weighted by Gasteiger charge is -2.37. The van der Waals surface area contributed by atoms with Gasteiger partial charge in [0.1, 0.15) is 0 Å². The minimum Gasteiger partial charge on any atom is -0.314 e. The fourth-order valence-corrected chi connectivity index (χ4v) is 3.87. The molecule has 0 aliphatic heterocycles. The molecule has 1 heterocycles. The summed E-state index contributed by atoms with van der Waals surface area (Å²) in [5.74, 6) is 1.72. The van der Waals surface area contributed by atoms with E-state index in [1.54, 1.807) is 0 Å². The molecule has 21 heavy (non-hydrogen) atoms. The van der Waals surface area contributed by atoms with Crippen molar-refractivity contribution in [3.8, 4) is 0 Å². The maximum Gasteiger partial charge on any atom is 0.0627 e. The summed E-state index contributed by atoms with van der Waals surface area (Å²) in [5.41, 5.74) is 1.32. The lowest BCUT2D eigenvalue weighted by Crippen LogP contribution is -2.38. The van der Waals surface area contributed by atoms with Gasteiger partial charge in [-0.15, -0.1) is 0 Å². The van der Waals surface area contributed by atoms with Crippen LogP contribution in [0.25, 0.3) is 0 Å². The Labute approximate surface area is 129 Å². The third-order valence-corrected chi connectivity index (χ3v) is 5.45. The first-order valence-electron chi connectivity index (χ1n) is 9.00. The van der Waals surface area contributed by atoms with E-state index in [0.717, 1.165) is 11.8 Å². The predicted molar refractivity (Wildman–Crippen MR) is 87.4 cm³/mol. The molecule has 0 saturated heterocycles. The number of hydrogen-bond donors (Lipinski definition) is 1. The maximum atomic E-state index is 4.88. The molecule has 118 valence electrons. The van der Waals surface area contributed by atoms with Crippen LogP contribution in [0.3, 0.4) is 0 Å². The van der Waals surface area contributed by atoms with E-state index in [0.29, 0.717) is 12.1 Å². The molecule has 1 aromatic rings. The number of hydrogen-bond acceptors (Lipinski definition) is 2. The van der Waals surface area contributed by atoms with Gasteiger partial charge in [-0.25, -0.2) is 0 Å². The Kier molecular flexibility index (Phi) is 4.99. The standard InChI is InChI=1S/C18H31N3/c1-14(2)19-13-16-9-8-15(16)12-17-10-11-21(20-17)18-6-4-3-5-7-18/h10-11,14-16,18-19H,3-9,12-13H2,1-2H3. The SMILES string of the molecule is CC(C)NCC1CCC1Cc1ccn(C2CCCCC2)n1. The van der Waals surface area contributed by atoms with Gasteiger partial charge in [-0.2, -0.15) is 5.10 Å². The summed E-state index contributed by atoms with van der Waals surface area (Å²) in [5, 5.41) is 8.48. The molecule has 2 fully saturated rings. The molecule has 2 atom stereocenters. The normalized spacial score (nSPS) is 27.0. The summed E-state index contributed by atoms with van der Waals surface area (Å²) >= 11 is 0. The van der Waals surface area contributed by atoms with Crippen LogP contribution in [0.4, 0.5) is 0 Å². The Hall–Kier alpha value is -0.830. The molecule has 3 nitrogen and oxygen atoms in total. The average molecular weight is 289 g/mol. The Balaban J connectivity index is 1.50. The molecule has 2 aliphatic carbocycles. The second kappa shape index (κ2) is 6.95. The van der Waals surface area contributed by atoms with E-state index in [4.69, 9.17) is 5.10 Å². The van der Waals surface area contributed by atoms with E-state index in [2.05, 4.69) is 36.1 Å². The quantitative estimate of drug-likeness (QED) is 0.859. The average Bonchev–Trinajstić information content (AvgIpc) is 2.93. The Morgan fingerprint density at radius 3 is 2.57 bits per heavy atom. The molecular formula is C18H31N3. The van der Waals surface area contributed by atoms with Crippen molar-refractivity contribution in [2.24, 2.45) is 11.8 Å². The fraction of sp³-hybridized carbons (Fsp3) is 0.833. The highest BCUT2D eigenvalue weighted by Gasteiger charge is 2.31. The van der Waals surface area contributed by atoms with Crippen molar-refractivity contribution in [1.82, 2.24) is 15.1 Å². The van der Waals surface area contributed by atoms with Crippen molar-refractivity contribution in [2.45, 2.75) is 77.3 Å². The lowest BCUT2D eigenvalue weighted by molar-refractivity contribution is 0.166. The first-order chi connectivity index (χ1) is 10.2. The van der Waals surface area contributed by atoms with Crippen LogP contribution >= 0.6 is 0 Å². The fourth-order valence-electron chi connectivity index (χ4n) is 3.87. The van der Waals surface area contributed by atoms with Crippen LogP contribution in [0.2, 0.25) is 0 Å². The molecule has 3 rings (SSSR count). The zero-order valence-corrected chi connectivity index (χ0v) is 13.7. The van der Waals surface area contributed by atoms with Gasteiger partial charge in [0.2, 0.25) is 0 Å². The molecule has 0 bridgehead atoms. The van der Waals surface area contributed by atoms with Crippen molar-refractivity contribution < 1.29 is 0 Å². The minimum atomic E-state index is 0.608. The summed E-state index contributed by atoms with van der Waals surface area (Å²) < 4.78 is 2.26. The van der Waals surface area contributed by atoms with Crippen LogP contribution in [-0.2, 0) is 6.42 Å². The van der Waals surface area contributed by atoms with Crippen molar-refractivity contribution in [3.05, 3.63) is 18.0 Å². The summed E-state index contributed by atoms with van der Waals surface area (Å²) in [6, 6.07) is 3.55. The Bertz CT molecular complexity index is 431. The van der Waals surface area contributed by atoms with E-state index in [1.165, 1.54) is 63.6 Å². The molecule has 1 N–H and O–H groups in total. The maximum absolute atomic E-state index is 4.88. The van der Waals surface area contributed by atoms with Gasteiger partial charge in [-0.3, -0.25) is 4.68 Å². The molecule has 0 amide bonds. The number of nitrogens with one attached hydrogen (secondary N) is 1. The van der Waals surface area contributed by atoms with Crippen LogP contribution in [-0.4, -0.2) is 22.4 Å². The van der Waals surface area contributed by atoms with Gasteiger partial charge in [-0.05, 0) is 56.6 Å². The van der Waals surface area contributed by atoms with Gasteiger partial charge >= 0.3 is 0 Å². The summed E-state index contributed by atoms with van der Waals surface area (Å²) in [4.78, 5) is 0. The molecule has 3 heteroatoms. The molecule has 2 saturated carbocycles. The minimum absolute atomic E-state index is 0.608. The monoisotopic (exact) mass is 289 g/mol. The summed E-state index contributed by atoms with van der Waals surface area (Å²) in [6.07, 6.45) is 13.0. The summed E-state index contributed by atoms with van der Waals surface area (Å²) in [6.45, 7) is 5.66. The Morgan fingerprint density at radius 1 is 1.14 bits per heavy atom. The third-order valence-electron chi connectivity index (χ3n) is 5.45. The Morgan fingerprint density at radius 2 is 1.90 bits per heavy atom. The van der Waals surface area contributed by atoms with Crippen LogP contribution < -0.4 is 5.32 Å². The third kappa shape index (κ3) is 3.88. The first-order valence-corrected chi connectivity index (χ1v) is 9.00. The van der Waals surface area contributed by atoms with E-state index in [9.17, 15) is 0 Å². The van der Waals surface area contributed by atoms with Gasteiger partial charge in [0.25, 0.3) is 0 Å². The van der Waals surface area contributed by atoms with E-state index < -0.39 is 0 Å². The molecule has 1 aromatic heterocycles. The highest BCUT2D eigenvalue weighted by Crippen LogP contribution is 2.36. The number of rotatable bonds is 6. The van der Waals surface area contributed by atoms with Crippen molar-refractivity contribution in [3.63, 3.8) is 0 Å². The van der Waals surface area contributed by atoms with Crippen molar-refractivity contribution in [2.75, 3.05) is 6.54 Å². The van der Waals surface area contributed by atoms with E-state index in [1.807, 2.05) is 0 Å². The number of nitrogens with zero attached hydrogens (tertiary/aromatic N) is 2.